The summed E-state index contributed by atoms with van der Waals surface area (Å²) in [4.78, 5) is 27.2. The van der Waals surface area contributed by atoms with E-state index >= 15 is 0 Å². The Balaban J connectivity index is 1.69. The summed E-state index contributed by atoms with van der Waals surface area (Å²) in [6, 6.07) is 7.11. The van der Waals surface area contributed by atoms with Crippen molar-refractivity contribution in [2.45, 2.75) is 13.8 Å². The van der Waals surface area contributed by atoms with Gasteiger partial charge in [-0.3, -0.25) is 9.59 Å². The van der Waals surface area contributed by atoms with Gasteiger partial charge in [-0.1, -0.05) is 13.8 Å². The first-order chi connectivity index (χ1) is 10.4. The van der Waals surface area contributed by atoms with Gasteiger partial charge in [0, 0.05) is 5.69 Å². The molecule has 1 heterocycles. The molecule has 0 aliphatic heterocycles. The monoisotopic (exact) mass is 300 g/mol. The van der Waals surface area contributed by atoms with Gasteiger partial charge in [0.1, 0.15) is 12.7 Å². The third-order valence-electron chi connectivity index (χ3n) is 4.19. The second kappa shape index (κ2) is 4.94. The zero-order valence-electron chi connectivity index (χ0n) is 12.2. The highest BCUT2D eigenvalue weighted by Gasteiger charge is 2.65. The first-order valence-electron chi connectivity index (χ1n) is 6.90. The number of aliphatic carboxylic acids is 1. The van der Waals surface area contributed by atoms with E-state index in [0.717, 1.165) is 5.69 Å². The molecule has 1 saturated carbocycles. The van der Waals surface area contributed by atoms with E-state index in [-0.39, 0.29) is 5.91 Å². The lowest BCUT2D eigenvalue weighted by atomic mass is 10.1. The molecule has 22 heavy (non-hydrogen) atoms. The highest BCUT2D eigenvalue weighted by atomic mass is 16.4. The zero-order valence-corrected chi connectivity index (χ0v) is 12.2. The summed E-state index contributed by atoms with van der Waals surface area (Å²) in [5, 5.41) is 15.9. The van der Waals surface area contributed by atoms with Crippen molar-refractivity contribution in [1.82, 2.24) is 14.8 Å². The molecule has 2 atom stereocenters. The Morgan fingerprint density at radius 3 is 2.41 bits per heavy atom. The lowest BCUT2D eigenvalue weighted by molar-refractivity contribution is -0.140. The molecule has 1 aromatic carbocycles. The fraction of sp³-hybridized carbons (Fsp3) is 0.333. The summed E-state index contributed by atoms with van der Waals surface area (Å²) < 4.78 is 1.61. The average molecular weight is 300 g/mol. The molecule has 0 saturated heterocycles. The van der Waals surface area contributed by atoms with Gasteiger partial charge in [0.15, 0.2) is 0 Å². The number of hydrogen-bond acceptors (Lipinski definition) is 4. The molecule has 0 bridgehead atoms. The van der Waals surface area contributed by atoms with Crippen LogP contribution >= 0.6 is 0 Å². The predicted octanol–water partition coefficient (Wildman–Crippen LogP) is 1.56. The van der Waals surface area contributed by atoms with Gasteiger partial charge < -0.3 is 10.4 Å². The van der Waals surface area contributed by atoms with Crippen LogP contribution in [0.25, 0.3) is 5.69 Å². The standard InChI is InChI=1S/C15H16N4O3/c1-15(2)11(12(15)14(21)22)13(20)18-9-3-5-10(6-4-9)19-8-16-7-17-19/h3-8,11-12H,1-2H3,(H,18,20)(H,21,22)/t11-,12-/m0/s1. The smallest absolute Gasteiger partial charge is 0.307 e. The predicted molar refractivity (Wildman–Crippen MR) is 78.4 cm³/mol. The minimum Gasteiger partial charge on any atom is -0.481 e. The molecule has 7 heteroatoms. The molecule has 1 aliphatic rings. The van der Waals surface area contributed by atoms with Gasteiger partial charge >= 0.3 is 5.97 Å². The van der Waals surface area contributed by atoms with Crippen LogP contribution in [0.5, 0.6) is 0 Å². The van der Waals surface area contributed by atoms with Crippen molar-refractivity contribution in [3.63, 3.8) is 0 Å². The van der Waals surface area contributed by atoms with Gasteiger partial charge in [-0.05, 0) is 29.7 Å². The van der Waals surface area contributed by atoms with Crippen molar-refractivity contribution in [1.29, 1.82) is 0 Å². The van der Waals surface area contributed by atoms with E-state index in [1.54, 1.807) is 49.1 Å². The molecule has 0 unspecified atom stereocenters. The molecule has 2 aromatic rings. The Hall–Kier alpha value is -2.70. The fourth-order valence-electron chi connectivity index (χ4n) is 2.85. The van der Waals surface area contributed by atoms with Crippen LogP contribution in [-0.2, 0) is 9.59 Å². The molecule has 7 nitrogen and oxygen atoms in total. The SMILES string of the molecule is CC1(C)[C@H](C(=O)O)[C@H]1C(=O)Nc1ccc(-n2cncn2)cc1. The third-order valence-corrected chi connectivity index (χ3v) is 4.19. The number of carbonyl (C=O) groups is 2. The molecule has 0 spiro atoms. The lowest BCUT2D eigenvalue weighted by Gasteiger charge is -2.07. The Morgan fingerprint density at radius 2 is 1.91 bits per heavy atom. The van der Waals surface area contributed by atoms with Crippen LogP contribution in [0.4, 0.5) is 5.69 Å². The number of anilines is 1. The first kappa shape index (κ1) is 14.2. The Labute approximate surface area is 127 Å². The largest absolute Gasteiger partial charge is 0.481 e. The molecule has 1 amide bonds. The van der Waals surface area contributed by atoms with E-state index in [1.807, 2.05) is 0 Å². The second-order valence-electron chi connectivity index (χ2n) is 5.99. The van der Waals surface area contributed by atoms with E-state index in [1.165, 1.54) is 6.33 Å². The molecule has 114 valence electrons. The summed E-state index contributed by atoms with van der Waals surface area (Å²) in [5.41, 5.74) is 0.947. The number of benzene rings is 1. The van der Waals surface area contributed by atoms with Crippen LogP contribution in [-0.4, -0.2) is 31.7 Å². The quantitative estimate of drug-likeness (QED) is 0.893. The fourth-order valence-corrected chi connectivity index (χ4v) is 2.85. The average Bonchev–Trinajstić information content (AvgIpc) is 2.84. The van der Waals surface area contributed by atoms with Crippen LogP contribution in [0.1, 0.15) is 13.8 Å². The number of hydrogen-bond donors (Lipinski definition) is 2. The number of aromatic nitrogens is 3. The number of nitrogens with one attached hydrogen (secondary N) is 1. The van der Waals surface area contributed by atoms with E-state index < -0.39 is 23.2 Å². The number of rotatable bonds is 4. The van der Waals surface area contributed by atoms with E-state index in [0.29, 0.717) is 5.69 Å². The van der Waals surface area contributed by atoms with Crippen molar-refractivity contribution < 1.29 is 14.7 Å². The maximum atomic E-state index is 12.2. The molecule has 1 aliphatic carbocycles. The Bertz CT molecular complexity index is 707. The van der Waals surface area contributed by atoms with Gasteiger partial charge in [-0.2, -0.15) is 5.10 Å². The summed E-state index contributed by atoms with van der Waals surface area (Å²) in [6.07, 6.45) is 3.02. The minimum absolute atomic E-state index is 0.258. The highest BCUT2D eigenvalue weighted by molar-refractivity contribution is 5.99. The van der Waals surface area contributed by atoms with Crippen LogP contribution < -0.4 is 5.32 Å². The summed E-state index contributed by atoms with van der Waals surface area (Å²) in [6.45, 7) is 3.59. The molecule has 2 N–H and O–H groups in total. The minimum atomic E-state index is -0.924. The van der Waals surface area contributed by atoms with Crippen molar-refractivity contribution in [3.8, 4) is 5.69 Å². The number of nitrogens with zero attached hydrogens (tertiary/aromatic N) is 3. The Kier molecular flexibility index (Phi) is 3.20. The van der Waals surface area contributed by atoms with Gasteiger partial charge in [0.25, 0.3) is 0 Å². The van der Waals surface area contributed by atoms with Gasteiger partial charge in [0.05, 0.1) is 17.5 Å². The normalized spacial score (nSPS) is 22.1. The van der Waals surface area contributed by atoms with Crippen LogP contribution in [0.15, 0.2) is 36.9 Å². The van der Waals surface area contributed by atoms with E-state index in [4.69, 9.17) is 5.11 Å². The van der Waals surface area contributed by atoms with Crippen LogP contribution in [0, 0.1) is 17.3 Å². The van der Waals surface area contributed by atoms with Crippen molar-refractivity contribution >= 4 is 17.6 Å². The van der Waals surface area contributed by atoms with Crippen molar-refractivity contribution in [2.75, 3.05) is 5.32 Å². The third kappa shape index (κ3) is 2.34. The molecule has 0 radical (unpaired) electrons. The maximum absolute atomic E-state index is 12.2. The number of carboxylic acids is 1. The van der Waals surface area contributed by atoms with E-state index in [9.17, 15) is 9.59 Å². The molecule has 3 rings (SSSR count). The zero-order chi connectivity index (χ0) is 15.9. The number of carbonyl (C=O) groups excluding carboxylic acids is 1. The van der Waals surface area contributed by atoms with Crippen molar-refractivity contribution in [2.24, 2.45) is 17.3 Å². The summed E-state index contributed by atoms with van der Waals surface area (Å²) >= 11 is 0. The number of carboxylic acid groups (broad SMARTS) is 1. The second-order valence-corrected chi connectivity index (χ2v) is 5.99. The summed E-state index contributed by atoms with van der Waals surface area (Å²) in [7, 11) is 0. The topological polar surface area (TPSA) is 97.1 Å². The van der Waals surface area contributed by atoms with E-state index in [2.05, 4.69) is 15.4 Å². The van der Waals surface area contributed by atoms with Crippen molar-refractivity contribution in [3.05, 3.63) is 36.9 Å². The highest BCUT2D eigenvalue weighted by Crippen LogP contribution is 2.58. The molecular formula is C15H16N4O3. The molecular weight excluding hydrogens is 284 g/mol. The van der Waals surface area contributed by atoms with Gasteiger partial charge in [0.2, 0.25) is 5.91 Å². The lowest BCUT2D eigenvalue weighted by Crippen LogP contribution is -2.17. The number of amides is 1. The maximum Gasteiger partial charge on any atom is 0.307 e. The van der Waals surface area contributed by atoms with Gasteiger partial charge in [-0.25, -0.2) is 9.67 Å². The van der Waals surface area contributed by atoms with Crippen LogP contribution in [0.2, 0.25) is 0 Å². The van der Waals surface area contributed by atoms with Gasteiger partial charge in [-0.15, -0.1) is 0 Å². The van der Waals surface area contributed by atoms with Crippen LogP contribution in [0.3, 0.4) is 0 Å². The summed E-state index contributed by atoms with van der Waals surface area (Å²) in [5.74, 6) is -2.31. The Morgan fingerprint density at radius 1 is 1.23 bits per heavy atom. The molecule has 1 fully saturated rings. The first-order valence-corrected chi connectivity index (χ1v) is 6.90. The molecule has 1 aromatic heterocycles.